The summed E-state index contributed by atoms with van der Waals surface area (Å²) in [6, 6.07) is 10.9. The van der Waals surface area contributed by atoms with E-state index < -0.39 is 0 Å². The average Bonchev–Trinajstić information content (AvgIpc) is 2.92. The van der Waals surface area contributed by atoms with E-state index >= 15 is 0 Å². The minimum Gasteiger partial charge on any atom is -0.493 e. The first-order valence-corrected chi connectivity index (χ1v) is 10.9. The van der Waals surface area contributed by atoms with Crippen LogP contribution in [-0.2, 0) is 4.79 Å². The number of thioether (sulfide) groups is 1. The predicted molar refractivity (Wildman–Crippen MR) is 124 cm³/mol. The van der Waals surface area contributed by atoms with Crippen LogP contribution in [0.4, 0.5) is 0 Å². The molecule has 152 valence electrons. The molecule has 0 aliphatic carbocycles. The molecule has 1 saturated heterocycles. The topological polar surface area (TPSA) is 38.8 Å². The molecule has 1 heterocycles. The summed E-state index contributed by atoms with van der Waals surface area (Å²) in [4.78, 5) is 14.2. The number of amides is 1. The number of likely N-dealkylation sites (N-methyl/N-ethyl adjacent to an activating group) is 1. The Bertz CT molecular complexity index is 978. The summed E-state index contributed by atoms with van der Waals surface area (Å²) in [6.45, 7) is 2.91. The van der Waals surface area contributed by atoms with Crippen molar-refractivity contribution in [2.45, 2.75) is 13.3 Å². The second kappa shape index (κ2) is 9.85. The van der Waals surface area contributed by atoms with E-state index in [9.17, 15) is 4.79 Å². The van der Waals surface area contributed by atoms with Gasteiger partial charge >= 0.3 is 0 Å². The van der Waals surface area contributed by atoms with Crippen LogP contribution in [0, 0.1) is 6.92 Å². The molecule has 0 radical (unpaired) electrons. The summed E-state index contributed by atoms with van der Waals surface area (Å²) >= 11 is 18.6. The van der Waals surface area contributed by atoms with Crippen molar-refractivity contribution in [3.8, 4) is 11.5 Å². The van der Waals surface area contributed by atoms with E-state index in [1.165, 1.54) is 16.7 Å². The van der Waals surface area contributed by atoms with Crippen molar-refractivity contribution in [1.82, 2.24) is 4.90 Å². The third kappa shape index (κ3) is 5.66. The first kappa shape index (κ1) is 22.0. The Hall–Kier alpha value is -1.73. The zero-order valence-corrected chi connectivity index (χ0v) is 19.1. The molecule has 2 aromatic rings. The fraction of sp³-hybridized carbons (Fsp3) is 0.238. The van der Waals surface area contributed by atoms with Gasteiger partial charge in [0.2, 0.25) is 0 Å². The van der Waals surface area contributed by atoms with Gasteiger partial charge in [-0.2, -0.15) is 0 Å². The van der Waals surface area contributed by atoms with Gasteiger partial charge < -0.3 is 9.47 Å². The number of halogens is 2. The molecule has 0 aromatic heterocycles. The Labute approximate surface area is 189 Å². The monoisotopic (exact) mass is 467 g/mol. The average molecular weight is 468 g/mol. The number of benzene rings is 2. The Morgan fingerprint density at radius 3 is 2.59 bits per heavy atom. The van der Waals surface area contributed by atoms with Gasteiger partial charge in [-0.25, -0.2) is 0 Å². The van der Waals surface area contributed by atoms with Gasteiger partial charge in [0.15, 0.2) is 0 Å². The van der Waals surface area contributed by atoms with E-state index in [0.29, 0.717) is 39.6 Å². The van der Waals surface area contributed by atoms with Crippen LogP contribution in [0.15, 0.2) is 41.3 Å². The van der Waals surface area contributed by atoms with Gasteiger partial charge in [-0.15, -0.1) is 0 Å². The van der Waals surface area contributed by atoms with Crippen molar-refractivity contribution in [3.63, 3.8) is 0 Å². The number of rotatable bonds is 7. The van der Waals surface area contributed by atoms with E-state index in [4.69, 9.17) is 44.9 Å². The molecule has 0 saturated carbocycles. The van der Waals surface area contributed by atoms with Crippen LogP contribution in [0.3, 0.4) is 0 Å². The Balaban J connectivity index is 1.59. The van der Waals surface area contributed by atoms with Crippen molar-refractivity contribution in [2.24, 2.45) is 0 Å². The van der Waals surface area contributed by atoms with Crippen molar-refractivity contribution in [3.05, 3.63) is 62.5 Å². The number of nitrogens with zero attached hydrogens (tertiary/aromatic N) is 1. The predicted octanol–water partition coefficient (Wildman–Crippen LogP) is 5.98. The van der Waals surface area contributed by atoms with Gasteiger partial charge in [0, 0.05) is 29.1 Å². The molecule has 1 fully saturated rings. The van der Waals surface area contributed by atoms with Crippen molar-refractivity contribution in [1.29, 1.82) is 0 Å². The van der Waals surface area contributed by atoms with E-state index in [1.807, 2.05) is 25.1 Å². The third-order valence-electron chi connectivity index (χ3n) is 4.19. The number of carbonyl (C=O) groups is 1. The molecule has 0 N–H and O–H groups in total. The molecule has 4 nitrogen and oxygen atoms in total. The summed E-state index contributed by atoms with van der Waals surface area (Å²) < 4.78 is 12.2. The number of hydrogen-bond donors (Lipinski definition) is 0. The highest BCUT2D eigenvalue weighted by atomic mass is 35.5. The maximum atomic E-state index is 12.2. The smallest absolute Gasteiger partial charge is 0.265 e. The highest BCUT2D eigenvalue weighted by molar-refractivity contribution is 8.26. The Morgan fingerprint density at radius 2 is 1.90 bits per heavy atom. The molecule has 0 atom stereocenters. The molecule has 0 bridgehead atoms. The van der Waals surface area contributed by atoms with E-state index in [2.05, 4.69) is 0 Å². The molecule has 0 spiro atoms. The molecule has 8 heteroatoms. The number of hydrogen-bond acceptors (Lipinski definition) is 5. The normalized spacial score (nSPS) is 15.3. The maximum absolute atomic E-state index is 12.2. The number of thiocarbonyl (C=S) groups is 1. The lowest BCUT2D eigenvalue weighted by Gasteiger charge is -2.11. The van der Waals surface area contributed by atoms with E-state index in [0.717, 1.165) is 21.9 Å². The molecule has 0 unspecified atom stereocenters. The van der Waals surface area contributed by atoms with Gasteiger partial charge in [0.25, 0.3) is 5.91 Å². The maximum Gasteiger partial charge on any atom is 0.265 e. The summed E-state index contributed by atoms with van der Waals surface area (Å²) in [5, 5.41) is 1.29. The molecule has 3 rings (SSSR count). The van der Waals surface area contributed by atoms with Gasteiger partial charge in [0.1, 0.15) is 15.8 Å². The van der Waals surface area contributed by atoms with Gasteiger partial charge in [-0.05, 0) is 55.0 Å². The highest BCUT2D eigenvalue weighted by Crippen LogP contribution is 2.34. The quantitative estimate of drug-likeness (QED) is 0.284. The fourth-order valence-corrected chi connectivity index (χ4v) is 4.06. The fourth-order valence-electron chi connectivity index (χ4n) is 2.59. The van der Waals surface area contributed by atoms with Crippen molar-refractivity contribution in [2.75, 3.05) is 20.3 Å². The SMILES string of the molecule is Cc1cc(OCCCOc2ccc(Cl)cc2/C=C2\SC(=S)N(C)C2=O)ccc1Cl. The molecule has 1 aliphatic rings. The van der Waals surface area contributed by atoms with Gasteiger partial charge in [-0.1, -0.05) is 47.2 Å². The van der Waals surface area contributed by atoms with Crippen LogP contribution in [0.1, 0.15) is 17.5 Å². The van der Waals surface area contributed by atoms with E-state index in [-0.39, 0.29) is 5.91 Å². The van der Waals surface area contributed by atoms with E-state index in [1.54, 1.807) is 31.3 Å². The van der Waals surface area contributed by atoms with Crippen LogP contribution in [0.25, 0.3) is 6.08 Å². The molecule has 1 amide bonds. The summed E-state index contributed by atoms with van der Waals surface area (Å²) in [6.07, 6.45) is 2.46. The molecule has 1 aliphatic heterocycles. The summed E-state index contributed by atoms with van der Waals surface area (Å²) in [7, 11) is 1.66. The minimum atomic E-state index is -0.127. The van der Waals surface area contributed by atoms with Crippen molar-refractivity contribution < 1.29 is 14.3 Å². The standard InChI is InChI=1S/C21H19Cl2NO3S2/c1-13-10-16(5-6-17(13)23)26-8-3-9-27-18-7-4-15(22)11-14(18)12-19-20(25)24(2)21(28)29-19/h4-7,10-12H,3,8-9H2,1-2H3/b19-12-. The lowest BCUT2D eigenvalue weighted by molar-refractivity contribution is -0.121. The third-order valence-corrected chi connectivity index (χ3v) is 6.33. The first-order chi connectivity index (χ1) is 13.8. The molecular weight excluding hydrogens is 449 g/mol. The largest absolute Gasteiger partial charge is 0.493 e. The van der Waals surface area contributed by atoms with Crippen LogP contribution < -0.4 is 9.47 Å². The van der Waals surface area contributed by atoms with Crippen molar-refractivity contribution >= 4 is 63.5 Å². The zero-order chi connectivity index (χ0) is 21.0. The highest BCUT2D eigenvalue weighted by Gasteiger charge is 2.29. The number of carbonyl (C=O) groups excluding carboxylic acids is 1. The van der Waals surface area contributed by atoms with Crippen LogP contribution in [0.5, 0.6) is 11.5 Å². The Kier molecular flexibility index (Phi) is 7.46. The number of aryl methyl sites for hydroxylation is 1. The summed E-state index contributed by atoms with van der Waals surface area (Å²) in [5.74, 6) is 1.30. The molecular formula is C21H19Cl2NO3S2. The Morgan fingerprint density at radius 1 is 1.14 bits per heavy atom. The summed E-state index contributed by atoms with van der Waals surface area (Å²) in [5.41, 5.74) is 1.71. The van der Waals surface area contributed by atoms with Gasteiger partial charge in [0.05, 0.1) is 18.1 Å². The second-order valence-corrected chi connectivity index (χ2v) is 8.90. The van der Waals surface area contributed by atoms with Gasteiger partial charge in [-0.3, -0.25) is 9.69 Å². The van der Waals surface area contributed by atoms with Crippen LogP contribution in [-0.4, -0.2) is 35.4 Å². The minimum absolute atomic E-state index is 0.127. The lowest BCUT2D eigenvalue weighted by atomic mass is 10.2. The first-order valence-electron chi connectivity index (χ1n) is 8.88. The van der Waals surface area contributed by atoms with Crippen LogP contribution in [0.2, 0.25) is 10.0 Å². The molecule has 29 heavy (non-hydrogen) atoms. The number of ether oxygens (including phenoxy) is 2. The second-order valence-electron chi connectivity index (χ2n) is 6.38. The van der Waals surface area contributed by atoms with Crippen LogP contribution >= 0.6 is 47.2 Å². The lowest BCUT2D eigenvalue weighted by Crippen LogP contribution is -2.22. The zero-order valence-electron chi connectivity index (χ0n) is 15.9. The molecule has 2 aromatic carbocycles.